The summed E-state index contributed by atoms with van der Waals surface area (Å²) in [5.74, 6) is 1.50. The van der Waals surface area contributed by atoms with Crippen molar-refractivity contribution in [1.29, 1.82) is 0 Å². The largest absolute Gasteiger partial charge is 0.481 e. The molecule has 21 heavy (non-hydrogen) atoms. The Kier molecular flexibility index (Phi) is 4.12. The molecule has 7 nitrogen and oxygen atoms in total. The first-order valence-electron chi connectivity index (χ1n) is 6.93. The highest BCUT2D eigenvalue weighted by Gasteiger charge is 2.25. The van der Waals surface area contributed by atoms with E-state index in [0.717, 1.165) is 31.0 Å². The van der Waals surface area contributed by atoms with Crippen LogP contribution in [0.5, 0.6) is 5.88 Å². The second kappa shape index (κ2) is 6.19. The van der Waals surface area contributed by atoms with Crippen molar-refractivity contribution in [2.24, 2.45) is 7.05 Å². The number of aryl methyl sites for hydroxylation is 1. The van der Waals surface area contributed by atoms with Crippen LogP contribution in [0.25, 0.3) is 0 Å². The van der Waals surface area contributed by atoms with Crippen LogP contribution in [0.4, 0.5) is 0 Å². The van der Waals surface area contributed by atoms with Crippen LogP contribution >= 0.6 is 0 Å². The van der Waals surface area contributed by atoms with Crippen molar-refractivity contribution in [2.75, 3.05) is 26.8 Å². The van der Waals surface area contributed by atoms with Crippen LogP contribution < -0.4 is 4.74 Å². The van der Waals surface area contributed by atoms with E-state index >= 15 is 0 Å². The predicted molar refractivity (Wildman–Crippen MR) is 75.8 cm³/mol. The molecule has 7 heteroatoms. The Morgan fingerprint density at radius 1 is 1.43 bits per heavy atom. The normalized spacial score (nSPS) is 19.6. The third-order valence-electron chi connectivity index (χ3n) is 3.60. The number of nitrogens with zero attached hydrogens (tertiary/aromatic N) is 5. The van der Waals surface area contributed by atoms with Crippen LogP contribution in [-0.2, 0) is 18.3 Å². The zero-order valence-electron chi connectivity index (χ0n) is 12.3. The summed E-state index contributed by atoms with van der Waals surface area (Å²) < 4.78 is 12.8. The van der Waals surface area contributed by atoms with Gasteiger partial charge in [0.1, 0.15) is 12.4 Å². The maximum absolute atomic E-state index is 5.81. The highest BCUT2D eigenvalue weighted by Crippen LogP contribution is 2.21. The van der Waals surface area contributed by atoms with Gasteiger partial charge in [-0.15, -0.1) is 10.2 Å². The molecule has 1 aliphatic heterocycles. The van der Waals surface area contributed by atoms with Crippen LogP contribution in [0.2, 0.25) is 0 Å². The fraction of sp³-hybridized carbons (Fsp3) is 0.500. The van der Waals surface area contributed by atoms with Gasteiger partial charge in [-0.3, -0.25) is 4.90 Å². The zero-order valence-corrected chi connectivity index (χ0v) is 12.3. The first kappa shape index (κ1) is 14.0. The fourth-order valence-electron chi connectivity index (χ4n) is 2.47. The van der Waals surface area contributed by atoms with Gasteiger partial charge in [0, 0.05) is 38.9 Å². The molecule has 1 unspecified atom stereocenters. The predicted octanol–water partition coefficient (Wildman–Crippen LogP) is 0.792. The lowest BCUT2D eigenvalue weighted by atomic mass is 10.2. The molecular weight excluding hydrogens is 270 g/mol. The van der Waals surface area contributed by atoms with Gasteiger partial charge in [0.25, 0.3) is 0 Å². The SMILES string of the molecule is COc1ccc(CN2CCOC(c3nncn3C)C2)cn1. The fourth-order valence-corrected chi connectivity index (χ4v) is 2.47. The van der Waals surface area contributed by atoms with Gasteiger partial charge in [0.15, 0.2) is 5.82 Å². The Hall–Kier alpha value is -1.99. The lowest BCUT2D eigenvalue weighted by Crippen LogP contribution is -2.38. The Bertz CT molecular complexity index is 583. The number of rotatable bonds is 4. The van der Waals surface area contributed by atoms with E-state index in [1.54, 1.807) is 13.4 Å². The molecule has 2 aromatic heterocycles. The Balaban J connectivity index is 1.64. The highest BCUT2D eigenvalue weighted by atomic mass is 16.5. The number of hydrogen-bond acceptors (Lipinski definition) is 6. The van der Waals surface area contributed by atoms with E-state index in [9.17, 15) is 0 Å². The van der Waals surface area contributed by atoms with E-state index in [2.05, 4.69) is 20.1 Å². The van der Waals surface area contributed by atoms with E-state index < -0.39 is 0 Å². The van der Waals surface area contributed by atoms with Crippen molar-refractivity contribution >= 4 is 0 Å². The molecule has 0 spiro atoms. The summed E-state index contributed by atoms with van der Waals surface area (Å²) in [5.41, 5.74) is 1.16. The minimum Gasteiger partial charge on any atom is -0.481 e. The third kappa shape index (κ3) is 3.20. The molecule has 2 aromatic rings. The molecule has 0 aliphatic carbocycles. The third-order valence-corrected chi connectivity index (χ3v) is 3.60. The molecule has 0 N–H and O–H groups in total. The van der Waals surface area contributed by atoms with Crippen LogP contribution in [0.1, 0.15) is 17.5 Å². The molecular formula is C14H19N5O2. The molecule has 0 aromatic carbocycles. The number of methoxy groups -OCH3 is 1. The molecule has 0 amide bonds. The minimum atomic E-state index is -0.0301. The smallest absolute Gasteiger partial charge is 0.212 e. The summed E-state index contributed by atoms with van der Waals surface area (Å²) in [6, 6.07) is 3.93. The summed E-state index contributed by atoms with van der Waals surface area (Å²) in [5, 5.41) is 8.05. The van der Waals surface area contributed by atoms with Crippen molar-refractivity contribution in [2.45, 2.75) is 12.6 Å². The number of hydrogen-bond donors (Lipinski definition) is 0. The quantitative estimate of drug-likeness (QED) is 0.829. The highest BCUT2D eigenvalue weighted by molar-refractivity contribution is 5.17. The van der Waals surface area contributed by atoms with Gasteiger partial charge in [-0.1, -0.05) is 6.07 Å². The molecule has 3 rings (SSSR count). The number of ether oxygens (including phenoxy) is 2. The van der Waals surface area contributed by atoms with Gasteiger partial charge in [0.2, 0.25) is 5.88 Å². The van der Waals surface area contributed by atoms with Crippen LogP contribution in [0, 0.1) is 0 Å². The van der Waals surface area contributed by atoms with Gasteiger partial charge >= 0.3 is 0 Å². The van der Waals surface area contributed by atoms with Gasteiger partial charge in [0.05, 0.1) is 13.7 Å². The summed E-state index contributed by atoms with van der Waals surface area (Å²) in [4.78, 5) is 6.58. The van der Waals surface area contributed by atoms with E-state index in [1.807, 2.05) is 29.9 Å². The average Bonchev–Trinajstić information content (AvgIpc) is 2.94. The standard InChI is InChI=1S/C14H19N5O2/c1-18-10-16-17-14(18)12-9-19(5-6-21-12)8-11-3-4-13(20-2)15-7-11/h3-4,7,10,12H,5-6,8-9H2,1-2H3. The summed E-state index contributed by atoms with van der Waals surface area (Å²) in [7, 11) is 3.56. The molecule has 1 atom stereocenters. The molecule has 0 radical (unpaired) electrons. The molecule has 1 saturated heterocycles. The topological polar surface area (TPSA) is 65.3 Å². The minimum absolute atomic E-state index is 0.0301. The molecule has 112 valence electrons. The zero-order chi connectivity index (χ0) is 14.7. The van der Waals surface area contributed by atoms with E-state index in [-0.39, 0.29) is 6.10 Å². The van der Waals surface area contributed by atoms with Gasteiger partial charge in [-0.05, 0) is 5.56 Å². The van der Waals surface area contributed by atoms with Gasteiger partial charge in [-0.25, -0.2) is 4.98 Å². The first-order valence-corrected chi connectivity index (χ1v) is 6.93. The second-order valence-corrected chi connectivity index (χ2v) is 5.10. The first-order chi connectivity index (χ1) is 10.3. The van der Waals surface area contributed by atoms with Crippen molar-refractivity contribution in [1.82, 2.24) is 24.6 Å². The van der Waals surface area contributed by atoms with Crippen molar-refractivity contribution in [3.63, 3.8) is 0 Å². The van der Waals surface area contributed by atoms with Crippen LogP contribution in [0.3, 0.4) is 0 Å². The second-order valence-electron chi connectivity index (χ2n) is 5.10. The number of aromatic nitrogens is 4. The number of pyridine rings is 1. The maximum atomic E-state index is 5.81. The van der Waals surface area contributed by atoms with Crippen molar-refractivity contribution in [3.05, 3.63) is 36.0 Å². The Morgan fingerprint density at radius 2 is 2.33 bits per heavy atom. The molecule has 0 bridgehead atoms. The molecule has 3 heterocycles. The molecule has 0 saturated carbocycles. The monoisotopic (exact) mass is 289 g/mol. The lowest BCUT2D eigenvalue weighted by Gasteiger charge is -2.32. The van der Waals surface area contributed by atoms with Crippen LogP contribution in [-0.4, -0.2) is 51.5 Å². The molecule has 1 aliphatic rings. The summed E-state index contributed by atoms with van der Waals surface area (Å²) >= 11 is 0. The number of morpholine rings is 1. The average molecular weight is 289 g/mol. The summed E-state index contributed by atoms with van der Waals surface area (Å²) in [6.45, 7) is 3.24. The van der Waals surface area contributed by atoms with E-state index in [4.69, 9.17) is 9.47 Å². The van der Waals surface area contributed by atoms with E-state index in [0.29, 0.717) is 12.5 Å². The van der Waals surface area contributed by atoms with Crippen LogP contribution in [0.15, 0.2) is 24.7 Å². The van der Waals surface area contributed by atoms with Gasteiger partial charge in [-0.2, -0.15) is 0 Å². The maximum Gasteiger partial charge on any atom is 0.212 e. The van der Waals surface area contributed by atoms with E-state index in [1.165, 1.54) is 0 Å². The van der Waals surface area contributed by atoms with Crippen molar-refractivity contribution in [3.8, 4) is 5.88 Å². The van der Waals surface area contributed by atoms with Crippen molar-refractivity contribution < 1.29 is 9.47 Å². The lowest BCUT2D eigenvalue weighted by molar-refractivity contribution is -0.0386. The van der Waals surface area contributed by atoms with Gasteiger partial charge < -0.3 is 14.0 Å². The molecule has 1 fully saturated rings. The Morgan fingerprint density at radius 3 is 3.00 bits per heavy atom. The summed E-state index contributed by atoms with van der Waals surface area (Å²) in [6.07, 6.45) is 3.52. The Labute approximate surface area is 123 Å².